The Morgan fingerprint density at radius 2 is 1.92 bits per heavy atom. The third-order valence-corrected chi connectivity index (χ3v) is 9.62. The Bertz CT molecular complexity index is 773. The molecule has 1 aromatic heterocycles. The van der Waals surface area contributed by atoms with Gasteiger partial charge in [0.15, 0.2) is 0 Å². The normalized spacial score (nSPS) is 22.7. The smallest absolute Gasteiger partial charge is 0.349 e. The number of nitriles is 1. The Morgan fingerprint density at radius 1 is 1.20 bits per heavy atom. The number of carbonyl (C=O) groups excluding carboxylic acids is 1. The number of hydrogen-bond acceptors (Lipinski definition) is 4. The quantitative estimate of drug-likeness (QED) is 0.599. The first-order valence-electron chi connectivity index (χ1n) is 8.98. The number of cyclic esters (lactones) is 1. The van der Waals surface area contributed by atoms with Crippen molar-refractivity contribution in [3.63, 3.8) is 0 Å². The van der Waals surface area contributed by atoms with Crippen molar-refractivity contribution in [2.45, 2.75) is 63.8 Å². The number of furan rings is 1. The van der Waals surface area contributed by atoms with Crippen LogP contribution in [0.25, 0.3) is 6.08 Å². The SMILES string of the molecule is CC1(C)CC(/C=C/c2ccc([Si]3(C)CCCCC3)o2)=C(C#N)C(=O)O1. The van der Waals surface area contributed by atoms with E-state index >= 15 is 0 Å². The van der Waals surface area contributed by atoms with Crippen LogP contribution in [0.1, 0.15) is 45.3 Å². The van der Waals surface area contributed by atoms with E-state index in [0.717, 1.165) is 5.76 Å². The number of carbonyl (C=O) groups is 1. The highest BCUT2D eigenvalue weighted by atomic mass is 28.3. The molecule has 4 nitrogen and oxygen atoms in total. The molecular weight excluding hydrogens is 330 g/mol. The lowest BCUT2D eigenvalue weighted by atomic mass is 9.91. The third-order valence-electron chi connectivity index (χ3n) is 5.25. The van der Waals surface area contributed by atoms with Crippen molar-refractivity contribution in [2.75, 3.05) is 0 Å². The summed E-state index contributed by atoms with van der Waals surface area (Å²) in [6, 6.07) is 8.69. The fraction of sp³-hybridized carbons (Fsp3) is 0.500. The van der Waals surface area contributed by atoms with Gasteiger partial charge >= 0.3 is 5.97 Å². The average Bonchev–Trinajstić information content (AvgIpc) is 3.02. The maximum absolute atomic E-state index is 12.0. The highest BCUT2D eigenvalue weighted by Gasteiger charge is 2.35. The summed E-state index contributed by atoms with van der Waals surface area (Å²) >= 11 is 0. The number of allylic oxidation sites excluding steroid dienone is 1. The molecule has 3 heterocycles. The van der Waals surface area contributed by atoms with Gasteiger partial charge in [-0.2, -0.15) is 5.26 Å². The fourth-order valence-corrected chi connectivity index (χ4v) is 7.46. The Hall–Kier alpha value is -2.06. The molecule has 5 heteroatoms. The summed E-state index contributed by atoms with van der Waals surface area (Å²) in [5, 5.41) is 10.4. The van der Waals surface area contributed by atoms with Crippen molar-refractivity contribution in [3.8, 4) is 6.07 Å². The summed E-state index contributed by atoms with van der Waals surface area (Å²) in [6.45, 7) is 6.12. The van der Waals surface area contributed by atoms with E-state index in [0.29, 0.717) is 12.0 Å². The van der Waals surface area contributed by atoms with Gasteiger partial charge in [-0.1, -0.05) is 44.0 Å². The van der Waals surface area contributed by atoms with Crippen LogP contribution >= 0.6 is 0 Å². The molecule has 0 radical (unpaired) electrons. The van der Waals surface area contributed by atoms with Crippen molar-refractivity contribution in [1.82, 2.24) is 0 Å². The van der Waals surface area contributed by atoms with E-state index in [2.05, 4.69) is 12.6 Å². The van der Waals surface area contributed by atoms with Gasteiger partial charge in [0, 0.05) is 6.42 Å². The van der Waals surface area contributed by atoms with Crippen LogP contribution in [0.4, 0.5) is 0 Å². The average molecular weight is 356 g/mol. The molecule has 1 saturated heterocycles. The van der Waals surface area contributed by atoms with Gasteiger partial charge in [0.2, 0.25) is 0 Å². The molecular formula is C20H25NO3Si. The fourth-order valence-electron chi connectivity index (χ4n) is 3.80. The van der Waals surface area contributed by atoms with E-state index in [1.54, 1.807) is 0 Å². The van der Waals surface area contributed by atoms with Crippen LogP contribution in [0.2, 0.25) is 18.6 Å². The number of esters is 1. The lowest BCUT2D eigenvalue weighted by molar-refractivity contribution is -0.152. The molecule has 1 aromatic rings. The van der Waals surface area contributed by atoms with Gasteiger partial charge in [-0.15, -0.1) is 0 Å². The summed E-state index contributed by atoms with van der Waals surface area (Å²) in [7, 11) is -1.45. The number of nitrogens with zero attached hydrogens (tertiary/aromatic N) is 1. The second-order valence-corrected chi connectivity index (χ2v) is 12.6. The lowest BCUT2D eigenvalue weighted by Gasteiger charge is -2.30. The number of rotatable bonds is 3. The second kappa shape index (κ2) is 6.68. The van der Waals surface area contributed by atoms with Crippen molar-refractivity contribution in [2.24, 2.45) is 0 Å². The molecule has 0 bridgehead atoms. The minimum absolute atomic E-state index is 0.0935. The van der Waals surface area contributed by atoms with E-state index in [9.17, 15) is 10.1 Å². The van der Waals surface area contributed by atoms with Crippen LogP contribution in [0.15, 0.2) is 33.8 Å². The van der Waals surface area contributed by atoms with E-state index in [1.807, 2.05) is 38.1 Å². The molecule has 132 valence electrons. The van der Waals surface area contributed by atoms with Gasteiger partial charge in [0.25, 0.3) is 0 Å². The van der Waals surface area contributed by atoms with Gasteiger partial charge in [0.05, 0.1) is 5.38 Å². The van der Waals surface area contributed by atoms with Crippen LogP contribution in [0.3, 0.4) is 0 Å². The zero-order chi connectivity index (χ0) is 18.1. The predicted molar refractivity (Wildman–Crippen MR) is 99.9 cm³/mol. The van der Waals surface area contributed by atoms with Crippen LogP contribution in [0.5, 0.6) is 0 Å². The molecule has 0 unspecified atom stereocenters. The zero-order valence-corrected chi connectivity index (χ0v) is 16.2. The summed E-state index contributed by atoms with van der Waals surface area (Å²) in [5.41, 5.74) is 0.215. The van der Waals surface area contributed by atoms with Gasteiger partial charge in [0.1, 0.15) is 31.1 Å². The molecule has 3 rings (SSSR count). The first kappa shape index (κ1) is 17.8. The maximum atomic E-state index is 12.0. The van der Waals surface area contributed by atoms with Gasteiger partial charge < -0.3 is 9.15 Å². The predicted octanol–water partition coefficient (Wildman–Crippen LogP) is 4.31. The van der Waals surface area contributed by atoms with E-state index in [-0.39, 0.29) is 5.57 Å². The molecule has 0 amide bonds. The molecule has 0 saturated carbocycles. The van der Waals surface area contributed by atoms with Crippen molar-refractivity contribution in [3.05, 3.63) is 35.1 Å². The third kappa shape index (κ3) is 3.79. The standard InChI is InChI=1S/C20H25NO3Si/c1-20(2)13-15(17(14-21)19(22)24-20)7-8-16-9-10-18(23-16)25(3)11-5-4-6-12-25/h7-10H,4-6,11-13H2,1-3H3/b8-7+. The Kier molecular flexibility index (Phi) is 4.74. The first-order chi connectivity index (χ1) is 11.8. The maximum Gasteiger partial charge on any atom is 0.349 e. The summed E-state index contributed by atoms with van der Waals surface area (Å²) < 4.78 is 11.4. The van der Waals surface area contributed by atoms with Gasteiger partial charge in [-0.3, -0.25) is 0 Å². The number of ether oxygens (including phenoxy) is 1. The van der Waals surface area contributed by atoms with Gasteiger partial charge in [-0.05, 0) is 37.6 Å². The van der Waals surface area contributed by atoms with E-state index in [4.69, 9.17) is 9.15 Å². The van der Waals surface area contributed by atoms with Crippen LogP contribution in [-0.2, 0) is 9.53 Å². The minimum Gasteiger partial charge on any atom is -0.467 e. The van der Waals surface area contributed by atoms with Crippen molar-refractivity contribution >= 4 is 25.5 Å². The molecule has 0 aromatic carbocycles. The highest BCUT2D eigenvalue weighted by Crippen LogP contribution is 2.31. The number of hydrogen-bond donors (Lipinski definition) is 0. The van der Waals surface area contributed by atoms with Crippen LogP contribution in [0, 0.1) is 11.3 Å². The van der Waals surface area contributed by atoms with Crippen LogP contribution in [-0.4, -0.2) is 19.6 Å². The first-order valence-corrected chi connectivity index (χ1v) is 11.9. The van der Waals surface area contributed by atoms with Crippen LogP contribution < -0.4 is 5.38 Å². The largest absolute Gasteiger partial charge is 0.467 e. The minimum atomic E-state index is -1.45. The molecule has 0 N–H and O–H groups in total. The molecule has 25 heavy (non-hydrogen) atoms. The topological polar surface area (TPSA) is 63.2 Å². The monoisotopic (exact) mass is 355 g/mol. The summed E-state index contributed by atoms with van der Waals surface area (Å²) in [6.07, 6.45) is 8.18. The van der Waals surface area contributed by atoms with E-state index < -0.39 is 19.6 Å². The summed E-state index contributed by atoms with van der Waals surface area (Å²) in [4.78, 5) is 12.0. The Morgan fingerprint density at radius 3 is 2.60 bits per heavy atom. The molecule has 0 atom stereocenters. The second-order valence-electron chi connectivity index (χ2n) is 7.99. The Balaban J connectivity index is 1.82. The zero-order valence-electron chi connectivity index (χ0n) is 15.2. The summed E-state index contributed by atoms with van der Waals surface area (Å²) in [5.74, 6) is 0.247. The van der Waals surface area contributed by atoms with Crippen molar-refractivity contribution < 1.29 is 13.9 Å². The van der Waals surface area contributed by atoms with Crippen molar-refractivity contribution in [1.29, 1.82) is 5.26 Å². The van der Waals surface area contributed by atoms with E-state index in [1.165, 1.54) is 36.7 Å². The molecule has 2 aliphatic rings. The highest BCUT2D eigenvalue weighted by molar-refractivity contribution is 6.90. The molecule has 0 aliphatic carbocycles. The van der Waals surface area contributed by atoms with Gasteiger partial charge in [-0.25, -0.2) is 4.79 Å². The molecule has 1 fully saturated rings. The molecule has 0 spiro atoms. The lowest BCUT2D eigenvalue weighted by Crippen LogP contribution is -2.45. The Labute approximate surface area is 150 Å². The molecule has 2 aliphatic heterocycles.